The van der Waals surface area contributed by atoms with Crippen molar-refractivity contribution in [1.82, 2.24) is 25.7 Å². The molecule has 9 nitrogen and oxygen atoms in total. The Morgan fingerprint density at radius 3 is 2.47 bits per heavy atom. The van der Waals surface area contributed by atoms with E-state index in [2.05, 4.69) is 57.3 Å². The Balaban J connectivity index is 1.19. The number of hydrogen-bond donors (Lipinski definition) is 2. The van der Waals surface area contributed by atoms with Crippen molar-refractivity contribution >= 4 is 23.3 Å². The molecule has 1 atom stereocenters. The van der Waals surface area contributed by atoms with Crippen molar-refractivity contribution in [2.75, 3.05) is 20.6 Å². The summed E-state index contributed by atoms with van der Waals surface area (Å²) in [6, 6.07) is 8.74. The number of nitrogens with zero attached hydrogens (tertiary/aromatic N) is 3. The highest BCUT2D eigenvalue weighted by Crippen LogP contribution is 2.39. The number of ether oxygens (including phenoxy) is 1. The van der Waals surface area contributed by atoms with Gasteiger partial charge in [-0.05, 0) is 69.3 Å². The quantitative estimate of drug-likeness (QED) is 0.411. The topological polar surface area (TPSA) is 110 Å². The van der Waals surface area contributed by atoms with E-state index >= 15 is 0 Å². The third-order valence-corrected chi connectivity index (χ3v) is 7.37. The highest BCUT2D eigenvalue weighted by Gasteiger charge is 2.32. The molecule has 3 aromatic rings. The maximum Gasteiger partial charge on any atom is 0.426 e. The lowest BCUT2D eigenvalue weighted by molar-refractivity contribution is -0.137. The van der Waals surface area contributed by atoms with Crippen LogP contribution < -0.4 is 15.4 Å². The van der Waals surface area contributed by atoms with Gasteiger partial charge in [0.1, 0.15) is 6.54 Å². The standard InChI is InChI=1S/C25H28F3N5O4S/c1-33(2)21(19-4-3-13-38-19)15-7-11-18(12-8-15)30-20(34)14-29-23(35)36-24-31-22(32-37-24)16-5-9-17(10-6-16)25(26,27)28/h3-6,9-10,13,15,18,21H,7-8,11-12,14H2,1-2H3,(H,29,35)(H,30,34). The van der Waals surface area contributed by atoms with Crippen LogP contribution in [0.3, 0.4) is 0 Å². The molecule has 2 N–H and O–H groups in total. The van der Waals surface area contributed by atoms with E-state index in [0.29, 0.717) is 12.0 Å². The average molecular weight is 552 g/mol. The van der Waals surface area contributed by atoms with Gasteiger partial charge in [0.15, 0.2) is 0 Å². The number of carbonyl (C=O) groups excluding carboxylic acids is 2. The summed E-state index contributed by atoms with van der Waals surface area (Å²) in [6.07, 6.45) is -2.27. The number of amides is 2. The smallest absolute Gasteiger partial charge is 0.359 e. The van der Waals surface area contributed by atoms with Gasteiger partial charge in [-0.25, -0.2) is 4.79 Å². The maximum atomic E-state index is 12.7. The minimum Gasteiger partial charge on any atom is -0.359 e. The molecule has 38 heavy (non-hydrogen) atoms. The second kappa shape index (κ2) is 11.9. The van der Waals surface area contributed by atoms with E-state index in [0.717, 1.165) is 37.8 Å². The van der Waals surface area contributed by atoms with Crippen LogP contribution in [0, 0.1) is 5.92 Å². The number of rotatable bonds is 8. The van der Waals surface area contributed by atoms with Gasteiger partial charge in [-0.15, -0.1) is 11.3 Å². The molecule has 4 rings (SSSR count). The van der Waals surface area contributed by atoms with Gasteiger partial charge < -0.3 is 20.3 Å². The zero-order chi connectivity index (χ0) is 27.3. The van der Waals surface area contributed by atoms with Crippen LogP contribution in [0.4, 0.5) is 18.0 Å². The summed E-state index contributed by atoms with van der Waals surface area (Å²) >= 11 is 1.76. The summed E-state index contributed by atoms with van der Waals surface area (Å²) in [5.74, 6) is 0.112. The molecule has 0 bridgehead atoms. The summed E-state index contributed by atoms with van der Waals surface area (Å²) in [5.41, 5.74) is -0.568. The van der Waals surface area contributed by atoms with Crippen LogP contribution in [0.25, 0.3) is 11.4 Å². The number of aromatic nitrogens is 2. The Hall–Kier alpha value is -3.45. The third-order valence-electron chi connectivity index (χ3n) is 6.43. The van der Waals surface area contributed by atoms with Gasteiger partial charge in [-0.2, -0.15) is 18.2 Å². The van der Waals surface area contributed by atoms with E-state index in [1.165, 1.54) is 17.0 Å². The number of nitrogens with one attached hydrogen (secondary N) is 2. The zero-order valence-corrected chi connectivity index (χ0v) is 21.6. The molecule has 1 unspecified atom stereocenters. The van der Waals surface area contributed by atoms with Gasteiger partial charge in [-0.3, -0.25) is 9.32 Å². The maximum absolute atomic E-state index is 12.7. The predicted octanol–water partition coefficient (Wildman–Crippen LogP) is 4.88. The average Bonchev–Trinajstić information content (AvgIpc) is 3.56. The number of thiophene rings is 1. The zero-order valence-electron chi connectivity index (χ0n) is 20.8. The Labute approximate surface area is 221 Å². The van der Waals surface area contributed by atoms with E-state index in [1.807, 2.05) is 0 Å². The molecule has 13 heteroatoms. The van der Waals surface area contributed by atoms with Crippen LogP contribution in [0.1, 0.15) is 42.2 Å². The van der Waals surface area contributed by atoms with Crippen LogP contribution in [0.5, 0.6) is 6.08 Å². The highest BCUT2D eigenvalue weighted by molar-refractivity contribution is 7.10. The van der Waals surface area contributed by atoms with Crippen molar-refractivity contribution in [2.24, 2.45) is 5.92 Å². The highest BCUT2D eigenvalue weighted by atomic mass is 32.1. The molecule has 1 saturated carbocycles. The summed E-state index contributed by atoms with van der Waals surface area (Å²) in [7, 11) is 4.18. The van der Waals surface area contributed by atoms with E-state index in [-0.39, 0.29) is 29.9 Å². The molecule has 1 aromatic carbocycles. The Kier molecular flexibility index (Phi) is 8.67. The normalized spacial score (nSPS) is 18.7. The van der Waals surface area contributed by atoms with Crippen LogP contribution >= 0.6 is 11.3 Å². The van der Waals surface area contributed by atoms with Crippen molar-refractivity contribution in [3.63, 3.8) is 0 Å². The van der Waals surface area contributed by atoms with E-state index in [4.69, 9.17) is 9.26 Å². The van der Waals surface area contributed by atoms with Crippen LogP contribution in [-0.2, 0) is 11.0 Å². The molecule has 0 spiro atoms. The van der Waals surface area contributed by atoms with Gasteiger partial charge in [0, 0.05) is 22.5 Å². The van der Waals surface area contributed by atoms with Crippen molar-refractivity contribution in [3.05, 3.63) is 52.2 Å². The fourth-order valence-electron chi connectivity index (χ4n) is 4.67. The molecular formula is C25H28F3N5O4S. The first-order valence-corrected chi connectivity index (χ1v) is 12.9. The monoisotopic (exact) mass is 551 g/mol. The first-order valence-electron chi connectivity index (χ1n) is 12.1. The molecule has 0 aliphatic heterocycles. The van der Waals surface area contributed by atoms with E-state index < -0.39 is 23.9 Å². The van der Waals surface area contributed by atoms with E-state index in [9.17, 15) is 22.8 Å². The fraction of sp³-hybridized carbons (Fsp3) is 0.440. The van der Waals surface area contributed by atoms with E-state index in [1.54, 1.807) is 11.3 Å². The van der Waals surface area contributed by atoms with Gasteiger partial charge in [-0.1, -0.05) is 23.4 Å². The summed E-state index contributed by atoms with van der Waals surface area (Å²) < 4.78 is 47.8. The summed E-state index contributed by atoms with van der Waals surface area (Å²) in [5, 5.41) is 11.0. The minimum atomic E-state index is -4.47. The van der Waals surface area contributed by atoms with Crippen molar-refractivity contribution in [2.45, 2.75) is 43.9 Å². The van der Waals surface area contributed by atoms with Gasteiger partial charge in [0.25, 0.3) is 0 Å². The minimum absolute atomic E-state index is 0.0324. The van der Waals surface area contributed by atoms with Gasteiger partial charge in [0.05, 0.1) is 5.56 Å². The molecule has 2 heterocycles. The molecule has 1 aliphatic carbocycles. The molecule has 204 valence electrons. The summed E-state index contributed by atoms with van der Waals surface area (Å²) in [6.45, 7) is -0.297. The first-order chi connectivity index (χ1) is 18.1. The molecule has 2 aromatic heterocycles. The molecule has 1 fully saturated rings. The molecule has 2 amide bonds. The molecular weight excluding hydrogens is 523 g/mol. The summed E-state index contributed by atoms with van der Waals surface area (Å²) in [4.78, 5) is 31.8. The van der Waals surface area contributed by atoms with Crippen LogP contribution in [0.2, 0.25) is 0 Å². The lowest BCUT2D eigenvalue weighted by Crippen LogP contribution is -2.44. The van der Waals surface area contributed by atoms with Gasteiger partial charge >= 0.3 is 18.3 Å². The number of benzene rings is 1. The predicted molar refractivity (Wildman–Crippen MR) is 133 cm³/mol. The molecule has 0 saturated heterocycles. The lowest BCUT2D eigenvalue weighted by Gasteiger charge is -2.37. The second-order valence-electron chi connectivity index (χ2n) is 9.31. The first kappa shape index (κ1) is 27.6. The van der Waals surface area contributed by atoms with Crippen LogP contribution in [-0.4, -0.2) is 53.7 Å². The van der Waals surface area contributed by atoms with Crippen molar-refractivity contribution in [1.29, 1.82) is 0 Å². The number of hydrogen-bond acceptors (Lipinski definition) is 8. The largest absolute Gasteiger partial charge is 0.426 e. The Morgan fingerprint density at radius 1 is 1.16 bits per heavy atom. The Morgan fingerprint density at radius 2 is 1.87 bits per heavy atom. The molecule has 0 radical (unpaired) electrons. The fourth-order valence-corrected chi connectivity index (χ4v) is 5.68. The SMILES string of the molecule is CN(C)C(c1cccs1)C1CCC(NC(=O)CNC(=O)Oc2nc(-c3ccc(C(F)(F)F)cc3)no2)CC1. The van der Waals surface area contributed by atoms with Crippen molar-refractivity contribution in [3.8, 4) is 17.5 Å². The number of halogens is 3. The Bertz CT molecular complexity index is 1210. The number of carbonyl (C=O) groups is 2. The third kappa shape index (κ3) is 7.10. The van der Waals surface area contributed by atoms with Crippen molar-refractivity contribution < 1.29 is 32.0 Å². The van der Waals surface area contributed by atoms with Crippen LogP contribution in [0.15, 0.2) is 46.3 Å². The van der Waals surface area contributed by atoms with Gasteiger partial charge in [0.2, 0.25) is 11.7 Å². The number of alkyl halides is 3. The second-order valence-corrected chi connectivity index (χ2v) is 10.3. The lowest BCUT2D eigenvalue weighted by atomic mass is 9.80. The molecule has 1 aliphatic rings.